The van der Waals surface area contributed by atoms with Crippen molar-refractivity contribution in [3.8, 4) is 0 Å². The molecule has 0 atom stereocenters. The number of nitrogens with one attached hydrogen (secondary N) is 2. The van der Waals surface area contributed by atoms with Crippen molar-refractivity contribution in [3.63, 3.8) is 0 Å². The Hall–Kier alpha value is -0.900. The Bertz CT molecular complexity index is 979. The van der Waals surface area contributed by atoms with Crippen molar-refractivity contribution in [1.29, 1.82) is 0 Å². The van der Waals surface area contributed by atoms with Crippen molar-refractivity contribution < 1.29 is 13.2 Å². The van der Waals surface area contributed by atoms with Crippen LogP contribution in [-0.4, -0.2) is 32.9 Å². The summed E-state index contributed by atoms with van der Waals surface area (Å²) < 4.78 is 27.9. The van der Waals surface area contributed by atoms with Crippen LogP contribution in [0.4, 0.5) is 5.69 Å². The average Bonchev–Trinajstić information content (AvgIpc) is 2.69. The van der Waals surface area contributed by atoms with Gasteiger partial charge in [-0.05, 0) is 42.2 Å². The molecule has 5 nitrogen and oxygen atoms in total. The van der Waals surface area contributed by atoms with Crippen molar-refractivity contribution in [2.45, 2.75) is 29.4 Å². The monoisotopic (exact) mass is 506 g/mol. The van der Waals surface area contributed by atoms with E-state index >= 15 is 0 Å². The van der Waals surface area contributed by atoms with Crippen LogP contribution in [0.2, 0.25) is 10.0 Å². The lowest BCUT2D eigenvalue weighted by atomic mass is 10.2. The largest absolute Gasteiger partial charge is 0.325 e. The number of thioether (sulfide) groups is 2. The summed E-state index contributed by atoms with van der Waals surface area (Å²) in [4.78, 5) is 13.0. The van der Waals surface area contributed by atoms with Crippen molar-refractivity contribution in [2.24, 2.45) is 5.92 Å². The number of carbonyl (C=O) groups is 1. The Morgan fingerprint density at radius 1 is 1.13 bits per heavy atom. The molecule has 0 heterocycles. The van der Waals surface area contributed by atoms with Crippen molar-refractivity contribution in [1.82, 2.24) is 4.72 Å². The lowest BCUT2D eigenvalue weighted by Crippen LogP contribution is -2.26. The summed E-state index contributed by atoms with van der Waals surface area (Å²) in [6.45, 7) is 3.82. The highest BCUT2D eigenvalue weighted by Crippen LogP contribution is 2.29. The zero-order chi connectivity index (χ0) is 22.3. The number of anilines is 1. The quantitative estimate of drug-likeness (QED) is 0.327. The first-order valence-electron chi connectivity index (χ1n) is 9.15. The Kier molecular flexibility index (Phi) is 9.84. The first-order chi connectivity index (χ1) is 14.2. The van der Waals surface area contributed by atoms with Crippen LogP contribution in [0, 0.1) is 5.92 Å². The van der Waals surface area contributed by atoms with Gasteiger partial charge >= 0.3 is 0 Å². The van der Waals surface area contributed by atoms with Gasteiger partial charge in [-0.2, -0.15) is 11.8 Å². The van der Waals surface area contributed by atoms with E-state index in [4.69, 9.17) is 23.2 Å². The van der Waals surface area contributed by atoms with Gasteiger partial charge in [0.05, 0.1) is 10.6 Å². The molecule has 0 fully saturated rings. The van der Waals surface area contributed by atoms with E-state index in [-0.39, 0.29) is 23.3 Å². The Balaban J connectivity index is 1.99. The second-order valence-electron chi connectivity index (χ2n) is 6.66. The minimum atomic E-state index is -3.70. The van der Waals surface area contributed by atoms with Crippen molar-refractivity contribution in [3.05, 3.63) is 52.0 Å². The number of hydrogen-bond donors (Lipinski definition) is 2. The molecule has 30 heavy (non-hydrogen) atoms. The fourth-order valence-corrected chi connectivity index (χ4v) is 5.72. The third-order valence-electron chi connectivity index (χ3n) is 4.11. The molecule has 0 radical (unpaired) electrons. The molecule has 2 N–H and O–H groups in total. The molecule has 2 rings (SSSR count). The molecule has 0 aliphatic heterocycles. The maximum Gasteiger partial charge on any atom is 0.240 e. The van der Waals surface area contributed by atoms with Crippen molar-refractivity contribution in [2.75, 3.05) is 23.9 Å². The van der Waals surface area contributed by atoms with Crippen LogP contribution < -0.4 is 10.0 Å². The first kappa shape index (κ1) is 25.4. The summed E-state index contributed by atoms with van der Waals surface area (Å²) in [6, 6.07) is 10.1. The van der Waals surface area contributed by atoms with Crippen LogP contribution in [0.3, 0.4) is 0 Å². The number of sulfonamides is 1. The molecule has 0 saturated heterocycles. The smallest absolute Gasteiger partial charge is 0.240 e. The third kappa shape index (κ3) is 7.07. The van der Waals surface area contributed by atoms with Crippen LogP contribution in [-0.2, 0) is 20.6 Å². The first-order valence-corrected chi connectivity index (χ1v) is 13.8. The highest BCUT2D eigenvalue weighted by molar-refractivity contribution is 7.99. The van der Waals surface area contributed by atoms with E-state index in [1.807, 2.05) is 6.26 Å². The molecule has 2 aromatic carbocycles. The van der Waals surface area contributed by atoms with E-state index < -0.39 is 10.0 Å². The van der Waals surface area contributed by atoms with Gasteiger partial charge < -0.3 is 5.32 Å². The van der Waals surface area contributed by atoms with E-state index in [9.17, 15) is 13.2 Å². The van der Waals surface area contributed by atoms with Crippen molar-refractivity contribution >= 4 is 68.3 Å². The highest BCUT2D eigenvalue weighted by Gasteiger charge is 2.17. The number of halogens is 2. The minimum Gasteiger partial charge on any atom is -0.325 e. The molecule has 0 aromatic heterocycles. The Morgan fingerprint density at radius 2 is 1.80 bits per heavy atom. The number of amides is 1. The summed E-state index contributed by atoms with van der Waals surface area (Å²) >= 11 is 15.3. The number of hydrogen-bond acceptors (Lipinski definition) is 5. The molecule has 0 aliphatic rings. The van der Waals surface area contributed by atoms with Gasteiger partial charge in [-0.1, -0.05) is 43.1 Å². The highest BCUT2D eigenvalue weighted by atomic mass is 35.5. The van der Waals surface area contributed by atoms with Gasteiger partial charge in [-0.3, -0.25) is 4.79 Å². The van der Waals surface area contributed by atoms with E-state index in [1.165, 1.54) is 35.7 Å². The minimum absolute atomic E-state index is 0.110. The maximum absolute atomic E-state index is 12.7. The van der Waals surface area contributed by atoms with Gasteiger partial charge in [-0.15, -0.1) is 11.8 Å². The molecule has 0 aliphatic carbocycles. The zero-order valence-corrected chi connectivity index (χ0v) is 20.8. The molecule has 10 heteroatoms. The molecule has 1 amide bonds. The van der Waals surface area contributed by atoms with E-state index in [0.29, 0.717) is 27.2 Å². The predicted octanol–water partition coefficient (Wildman–Crippen LogP) is 5.52. The van der Waals surface area contributed by atoms with Crippen LogP contribution in [0.25, 0.3) is 0 Å². The lowest BCUT2D eigenvalue weighted by molar-refractivity contribution is -0.118. The van der Waals surface area contributed by atoms with Crippen LogP contribution in [0.5, 0.6) is 0 Å². The SMILES string of the molecule is CSc1ccc(S(=O)(=O)NCCSCc2c(Cl)cccc2Cl)cc1NC(=O)C(C)C. The maximum atomic E-state index is 12.7. The number of rotatable bonds is 10. The van der Waals surface area contributed by atoms with Crippen LogP contribution in [0.1, 0.15) is 19.4 Å². The summed E-state index contributed by atoms with van der Waals surface area (Å²) in [5.41, 5.74) is 1.33. The number of benzene rings is 2. The summed E-state index contributed by atoms with van der Waals surface area (Å²) in [7, 11) is -3.70. The molecule has 164 valence electrons. The van der Waals surface area contributed by atoms with Gasteiger partial charge in [0.1, 0.15) is 0 Å². The number of carbonyl (C=O) groups excluding carboxylic acids is 1. The van der Waals surface area contributed by atoms with Gasteiger partial charge in [0.25, 0.3) is 0 Å². The predicted molar refractivity (Wildman–Crippen MR) is 130 cm³/mol. The average molecular weight is 508 g/mol. The molecule has 2 aromatic rings. The van der Waals surface area contributed by atoms with E-state index in [2.05, 4.69) is 10.0 Å². The topological polar surface area (TPSA) is 75.3 Å². The molecular weight excluding hydrogens is 483 g/mol. The zero-order valence-electron chi connectivity index (χ0n) is 16.9. The summed E-state index contributed by atoms with van der Waals surface area (Å²) in [5, 5.41) is 3.99. The second kappa shape index (κ2) is 11.6. The Morgan fingerprint density at radius 3 is 2.40 bits per heavy atom. The van der Waals surface area contributed by atoms with Gasteiger partial charge in [0.2, 0.25) is 15.9 Å². The third-order valence-corrected chi connectivity index (χ3v) is 8.06. The fourth-order valence-electron chi connectivity index (χ4n) is 2.40. The Labute approximate surface area is 196 Å². The lowest BCUT2D eigenvalue weighted by Gasteiger charge is -2.14. The van der Waals surface area contributed by atoms with E-state index in [0.717, 1.165) is 10.5 Å². The fraction of sp³-hybridized carbons (Fsp3) is 0.350. The normalized spacial score (nSPS) is 11.7. The van der Waals surface area contributed by atoms with Crippen LogP contribution in [0.15, 0.2) is 46.2 Å². The second-order valence-corrected chi connectivity index (χ2v) is 11.2. The molecule has 0 saturated carbocycles. The molecule has 0 unspecified atom stereocenters. The van der Waals surface area contributed by atoms with E-state index in [1.54, 1.807) is 38.1 Å². The summed E-state index contributed by atoms with van der Waals surface area (Å²) in [6.07, 6.45) is 1.87. The van der Waals surface area contributed by atoms with Gasteiger partial charge in [0, 0.05) is 38.9 Å². The molecule has 0 bridgehead atoms. The molecular formula is C20H24Cl2N2O3S3. The van der Waals surface area contributed by atoms with Gasteiger partial charge in [-0.25, -0.2) is 13.1 Å². The standard InChI is InChI=1S/C20H24Cl2N2O3S3/c1-13(2)20(25)24-18-11-14(7-8-19(18)28-3)30(26,27)23-9-10-29-12-15-16(21)5-4-6-17(15)22/h4-8,11,13,23H,9-10,12H2,1-3H3,(H,24,25). The van der Waals surface area contributed by atoms with Crippen LogP contribution >= 0.6 is 46.7 Å². The summed E-state index contributed by atoms with van der Waals surface area (Å²) in [5.74, 6) is 0.776. The molecule has 0 spiro atoms. The van der Waals surface area contributed by atoms with Gasteiger partial charge in [0.15, 0.2) is 0 Å².